The van der Waals surface area contributed by atoms with Gasteiger partial charge in [0.05, 0.1) is 13.5 Å². The lowest BCUT2D eigenvalue weighted by atomic mass is 10.1. The van der Waals surface area contributed by atoms with Gasteiger partial charge in [0.2, 0.25) is 11.8 Å². The Morgan fingerprint density at radius 3 is 2.33 bits per heavy atom. The van der Waals surface area contributed by atoms with Crippen molar-refractivity contribution in [3.63, 3.8) is 0 Å². The van der Waals surface area contributed by atoms with Gasteiger partial charge in [0.1, 0.15) is 17.4 Å². The second kappa shape index (κ2) is 12.0. The highest BCUT2D eigenvalue weighted by Crippen LogP contribution is 2.23. The summed E-state index contributed by atoms with van der Waals surface area (Å²) >= 11 is 0. The number of methoxy groups -OCH3 is 1. The summed E-state index contributed by atoms with van der Waals surface area (Å²) < 4.78 is 5.19. The summed E-state index contributed by atoms with van der Waals surface area (Å²) in [5, 5.41) is 6.07. The molecule has 1 aliphatic heterocycles. The molecule has 1 aliphatic rings. The maximum Gasteiger partial charge on any atom is 0.227 e. The van der Waals surface area contributed by atoms with Crippen LogP contribution in [0.3, 0.4) is 0 Å². The summed E-state index contributed by atoms with van der Waals surface area (Å²) in [6.45, 7) is 5.19. The average Bonchev–Trinajstić information content (AvgIpc) is 2.92. The molecule has 3 aromatic rings. The van der Waals surface area contributed by atoms with Gasteiger partial charge in [-0.15, -0.1) is 0 Å². The van der Waals surface area contributed by atoms with Gasteiger partial charge in [0, 0.05) is 57.8 Å². The number of rotatable bonds is 9. The number of nitrogens with zero attached hydrogens (tertiary/aromatic N) is 4. The summed E-state index contributed by atoms with van der Waals surface area (Å²) in [6, 6.07) is 19.4. The van der Waals surface area contributed by atoms with E-state index in [0.717, 1.165) is 22.7 Å². The molecule has 0 saturated carbocycles. The molecular formula is C27H32N6O3. The molecule has 36 heavy (non-hydrogen) atoms. The van der Waals surface area contributed by atoms with Gasteiger partial charge < -0.3 is 25.2 Å². The van der Waals surface area contributed by atoms with Gasteiger partial charge in [-0.1, -0.05) is 42.5 Å². The molecule has 0 unspecified atom stereocenters. The molecular weight excluding hydrogens is 456 g/mol. The first-order valence-corrected chi connectivity index (χ1v) is 12.1. The van der Waals surface area contributed by atoms with E-state index in [1.807, 2.05) is 65.6 Å². The van der Waals surface area contributed by atoms with Crippen molar-refractivity contribution in [2.24, 2.45) is 0 Å². The van der Waals surface area contributed by atoms with Crippen molar-refractivity contribution in [2.45, 2.75) is 13.3 Å². The van der Waals surface area contributed by atoms with Gasteiger partial charge in [-0.25, -0.2) is 9.97 Å². The number of benzene rings is 2. The second-order valence-electron chi connectivity index (χ2n) is 8.60. The van der Waals surface area contributed by atoms with E-state index >= 15 is 0 Å². The van der Waals surface area contributed by atoms with Crippen molar-refractivity contribution in [1.82, 2.24) is 20.2 Å². The summed E-state index contributed by atoms with van der Waals surface area (Å²) in [5.74, 6) is 2.98. The largest absolute Gasteiger partial charge is 0.497 e. The fourth-order valence-electron chi connectivity index (χ4n) is 4.05. The van der Waals surface area contributed by atoms with Crippen LogP contribution in [-0.2, 0) is 16.0 Å². The van der Waals surface area contributed by atoms with E-state index in [1.54, 1.807) is 7.11 Å². The number of hydrogen-bond acceptors (Lipinski definition) is 7. The van der Waals surface area contributed by atoms with Crippen LogP contribution in [0, 0.1) is 0 Å². The Morgan fingerprint density at radius 2 is 1.67 bits per heavy atom. The van der Waals surface area contributed by atoms with E-state index < -0.39 is 0 Å². The van der Waals surface area contributed by atoms with Crippen molar-refractivity contribution >= 4 is 23.5 Å². The molecule has 2 aromatic carbocycles. The molecule has 9 nitrogen and oxygen atoms in total. The molecule has 0 radical (unpaired) electrons. The topological polar surface area (TPSA) is 99.7 Å². The van der Waals surface area contributed by atoms with Crippen molar-refractivity contribution < 1.29 is 14.3 Å². The Kier molecular flexibility index (Phi) is 8.33. The normalized spacial score (nSPS) is 13.3. The number of piperazine rings is 1. The maximum atomic E-state index is 12.9. The smallest absolute Gasteiger partial charge is 0.227 e. The third-order valence-electron chi connectivity index (χ3n) is 6.02. The van der Waals surface area contributed by atoms with Gasteiger partial charge in [-0.05, 0) is 17.7 Å². The SMILES string of the molecule is COc1ccc(CC(=O)N2CCN(c3cc(NCCNC(C)=O)nc(-c4ccccc4)n3)CC2)cc1. The first kappa shape index (κ1) is 25.0. The monoisotopic (exact) mass is 488 g/mol. The maximum absolute atomic E-state index is 12.9. The van der Waals surface area contributed by atoms with Gasteiger partial charge in [0.15, 0.2) is 5.82 Å². The highest BCUT2D eigenvalue weighted by Gasteiger charge is 2.23. The molecule has 1 fully saturated rings. The van der Waals surface area contributed by atoms with Crippen molar-refractivity contribution in [3.05, 3.63) is 66.2 Å². The van der Waals surface area contributed by atoms with Crippen LogP contribution in [0.15, 0.2) is 60.7 Å². The molecule has 2 heterocycles. The molecule has 188 valence electrons. The average molecular weight is 489 g/mol. The van der Waals surface area contributed by atoms with Crippen LogP contribution in [0.4, 0.5) is 11.6 Å². The zero-order valence-electron chi connectivity index (χ0n) is 20.7. The minimum atomic E-state index is -0.0652. The predicted molar refractivity (Wildman–Crippen MR) is 140 cm³/mol. The molecule has 2 N–H and O–H groups in total. The lowest BCUT2D eigenvalue weighted by molar-refractivity contribution is -0.130. The van der Waals surface area contributed by atoms with E-state index in [-0.39, 0.29) is 11.8 Å². The molecule has 1 saturated heterocycles. The van der Waals surface area contributed by atoms with Crippen molar-refractivity contribution in [3.8, 4) is 17.1 Å². The minimum absolute atomic E-state index is 0.0652. The number of ether oxygens (including phenoxy) is 1. The van der Waals surface area contributed by atoms with Crippen LogP contribution in [-0.4, -0.2) is 73.1 Å². The van der Waals surface area contributed by atoms with Gasteiger partial charge in [-0.2, -0.15) is 0 Å². The quantitative estimate of drug-likeness (QED) is 0.447. The Labute approximate surface area is 211 Å². The van der Waals surface area contributed by atoms with Gasteiger partial charge in [0.25, 0.3) is 0 Å². The summed E-state index contributed by atoms with van der Waals surface area (Å²) in [6.07, 6.45) is 0.373. The van der Waals surface area contributed by atoms with Crippen LogP contribution in [0.25, 0.3) is 11.4 Å². The van der Waals surface area contributed by atoms with Crippen molar-refractivity contribution in [1.29, 1.82) is 0 Å². The number of hydrogen-bond donors (Lipinski definition) is 2. The lowest BCUT2D eigenvalue weighted by Crippen LogP contribution is -2.49. The third-order valence-corrected chi connectivity index (χ3v) is 6.02. The number of nitrogens with one attached hydrogen (secondary N) is 2. The molecule has 9 heteroatoms. The van der Waals surface area contributed by atoms with E-state index in [1.165, 1.54) is 6.92 Å². The van der Waals surface area contributed by atoms with E-state index in [2.05, 4.69) is 20.5 Å². The predicted octanol–water partition coefficient (Wildman–Crippen LogP) is 2.59. The number of anilines is 2. The van der Waals surface area contributed by atoms with Crippen LogP contribution < -0.4 is 20.3 Å². The van der Waals surface area contributed by atoms with Crippen LogP contribution >= 0.6 is 0 Å². The Balaban J connectivity index is 1.42. The van der Waals surface area contributed by atoms with Gasteiger partial charge >= 0.3 is 0 Å². The van der Waals surface area contributed by atoms with E-state index in [4.69, 9.17) is 9.72 Å². The first-order valence-electron chi connectivity index (χ1n) is 12.1. The Hall–Kier alpha value is -4.14. The van der Waals surface area contributed by atoms with Crippen LogP contribution in [0.5, 0.6) is 5.75 Å². The Morgan fingerprint density at radius 1 is 0.944 bits per heavy atom. The molecule has 2 amide bonds. The number of amides is 2. The van der Waals surface area contributed by atoms with E-state index in [9.17, 15) is 9.59 Å². The third kappa shape index (κ3) is 6.71. The molecule has 4 rings (SSSR count). The standard InChI is InChI=1S/C27H32N6O3/c1-20(34)28-12-13-29-24-19-25(31-27(30-24)22-6-4-3-5-7-22)32-14-16-33(17-15-32)26(35)18-21-8-10-23(36-2)11-9-21/h3-11,19H,12-18H2,1-2H3,(H,28,34)(H,29,30,31). The fraction of sp³-hybridized carbons (Fsp3) is 0.333. The molecule has 1 aromatic heterocycles. The summed E-state index contributed by atoms with van der Waals surface area (Å²) in [7, 11) is 1.63. The first-order chi connectivity index (χ1) is 17.5. The molecule has 0 aliphatic carbocycles. The zero-order valence-corrected chi connectivity index (χ0v) is 20.7. The molecule has 0 atom stereocenters. The lowest BCUT2D eigenvalue weighted by Gasteiger charge is -2.35. The van der Waals surface area contributed by atoms with Crippen molar-refractivity contribution in [2.75, 3.05) is 56.6 Å². The number of carbonyl (C=O) groups is 2. The van der Waals surface area contributed by atoms with Gasteiger partial charge in [-0.3, -0.25) is 9.59 Å². The molecule has 0 spiro atoms. The number of aromatic nitrogens is 2. The second-order valence-corrected chi connectivity index (χ2v) is 8.60. The number of carbonyl (C=O) groups excluding carboxylic acids is 2. The summed E-state index contributed by atoms with van der Waals surface area (Å²) in [5.41, 5.74) is 1.90. The highest BCUT2D eigenvalue weighted by atomic mass is 16.5. The van der Waals surface area contributed by atoms with E-state index in [0.29, 0.717) is 57.3 Å². The Bertz CT molecular complexity index is 1160. The molecule has 0 bridgehead atoms. The zero-order chi connectivity index (χ0) is 25.3. The fourth-order valence-corrected chi connectivity index (χ4v) is 4.05. The highest BCUT2D eigenvalue weighted by molar-refractivity contribution is 5.79. The minimum Gasteiger partial charge on any atom is -0.497 e. The summed E-state index contributed by atoms with van der Waals surface area (Å²) in [4.78, 5) is 37.6. The van der Waals surface area contributed by atoms with Crippen LogP contribution in [0.1, 0.15) is 12.5 Å². The van der Waals surface area contributed by atoms with Crippen LogP contribution in [0.2, 0.25) is 0 Å².